The summed E-state index contributed by atoms with van der Waals surface area (Å²) in [5, 5.41) is 34.7. The molecule has 2 saturated carbocycles. The summed E-state index contributed by atoms with van der Waals surface area (Å²) in [6, 6.07) is -0.401. The number of aliphatic hydroxyl groups is 3. The minimum absolute atomic E-state index is 0.0481. The Morgan fingerprint density at radius 1 is 1.19 bits per heavy atom. The molecule has 0 bridgehead atoms. The first kappa shape index (κ1) is 23.4. The number of nitrogens with two attached hydrogens (primary N) is 1. The van der Waals surface area contributed by atoms with Crippen LogP contribution in [0.2, 0.25) is 0 Å². The first-order chi connectivity index (χ1) is 14.8. The van der Waals surface area contributed by atoms with Crippen molar-refractivity contribution >= 4 is 0 Å². The highest BCUT2D eigenvalue weighted by Gasteiger charge is 2.44. The van der Waals surface area contributed by atoms with Gasteiger partial charge in [0, 0.05) is 18.9 Å². The molecule has 0 aromatic heterocycles. The second-order valence-electron chi connectivity index (χ2n) is 9.82. The monoisotopic (exact) mass is 442 g/mol. The molecule has 2 aliphatic carbocycles. The van der Waals surface area contributed by atoms with E-state index < -0.39 is 48.6 Å². The molecular formula is C22H38N2O7. The SMILES string of the molecule is C[C@]1(O)CO[C@H](O[C@@H]2C(O)[C@H](O[C@@H]3CCC=C(CNCC4CC4)O3)CC[C@H]2N)[C@H](O)C1. The van der Waals surface area contributed by atoms with E-state index in [1.165, 1.54) is 12.8 Å². The fraction of sp³-hybridized carbons (Fsp3) is 0.909. The van der Waals surface area contributed by atoms with Crippen LogP contribution in [-0.4, -0.2) is 83.7 Å². The zero-order valence-corrected chi connectivity index (χ0v) is 18.3. The summed E-state index contributed by atoms with van der Waals surface area (Å²) in [5.41, 5.74) is 5.11. The van der Waals surface area contributed by atoms with Gasteiger partial charge in [-0.1, -0.05) is 0 Å². The minimum Gasteiger partial charge on any atom is -0.468 e. The van der Waals surface area contributed by atoms with Crippen molar-refractivity contribution in [3.05, 3.63) is 11.8 Å². The molecule has 0 amide bonds. The van der Waals surface area contributed by atoms with Crippen molar-refractivity contribution in [2.75, 3.05) is 19.7 Å². The van der Waals surface area contributed by atoms with E-state index in [1.54, 1.807) is 6.92 Å². The Morgan fingerprint density at radius 2 is 2.00 bits per heavy atom. The van der Waals surface area contributed by atoms with Crippen LogP contribution in [0, 0.1) is 5.92 Å². The Balaban J connectivity index is 1.27. The van der Waals surface area contributed by atoms with Gasteiger partial charge in [-0.25, -0.2) is 0 Å². The molecule has 3 fully saturated rings. The molecule has 1 saturated heterocycles. The molecule has 8 atom stereocenters. The highest BCUT2D eigenvalue weighted by molar-refractivity contribution is 5.00. The molecule has 4 rings (SSSR count). The molecule has 178 valence electrons. The lowest BCUT2D eigenvalue weighted by Crippen LogP contribution is -2.59. The number of aliphatic hydroxyl groups excluding tert-OH is 2. The van der Waals surface area contributed by atoms with Crippen LogP contribution in [0.25, 0.3) is 0 Å². The molecule has 0 radical (unpaired) electrons. The van der Waals surface area contributed by atoms with Gasteiger partial charge in [0.2, 0.25) is 0 Å². The highest BCUT2D eigenvalue weighted by Crippen LogP contribution is 2.31. The molecule has 31 heavy (non-hydrogen) atoms. The Labute approximate surface area is 183 Å². The molecule has 1 unspecified atom stereocenters. The van der Waals surface area contributed by atoms with Crippen LogP contribution in [0.1, 0.15) is 51.9 Å². The average molecular weight is 443 g/mol. The van der Waals surface area contributed by atoms with Crippen LogP contribution < -0.4 is 11.1 Å². The number of hydrogen-bond acceptors (Lipinski definition) is 9. The van der Waals surface area contributed by atoms with Gasteiger partial charge in [0.05, 0.1) is 24.9 Å². The maximum absolute atomic E-state index is 10.9. The van der Waals surface area contributed by atoms with Gasteiger partial charge in [-0.3, -0.25) is 0 Å². The van der Waals surface area contributed by atoms with Gasteiger partial charge in [-0.15, -0.1) is 0 Å². The first-order valence-electron chi connectivity index (χ1n) is 11.6. The number of nitrogens with one attached hydrogen (secondary N) is 1. The summed E-state index contributed by atoms with van der Waals surface area (Å²) >= 11 is 0. The van der Waals surface area contributed by atoms with Crippen molar-refractivity contribution in [3.8, 4) is 0 Å². The van der Waals surface area contributed by atoms with E-state index in [-0.39, 0.29) is 13.0 Å². The zero-order chi connectivity index (χ0) is 22.0. The Hall–Kier alpha value is -0.780. The largest absolute Gasteiger partial charge is 0.468 e. The summed E-state index contributed by atoms with van der Waals surface area (Å²) in [4.78, 5) is 0. The summed E-state index contributed by atoms with van der Waals surface area (Å²) in [6.45, 7) is 3.37. The Bertz CT molecular complexity index is 627. The number of hydrogen-bond donors (Lipinski definition) is 5. The van der Waals surface area contributed by atoms with Crippen LogP contribution in [0.3, 0.4) is 0 Å². The molecule has 9 heteroatoms. The lowest BCUT2D eigenvalue weighted by Gasteiger charge is -2.44. The second kappa shape index (κ2) is 10.0. The van der Waals surface area contributed by atoms with E-state index in [0.29, 0.717) is 19.4 Å². The number of rotatable bonds is 8. The van der Waals surface area contributed by atoms with Crippen LogP contribution in [0.4, 0.5) is 0 Å². The van der Waals surface area contributed by atoms with Crippen molar-refractivity contribution in [2.45, 2.75) is 101 Å². The normalized spacial score (nSPS) is 43.9. The number of allylic oxidation sites excluding steroid dienone is 1. The van der Waals surface area contributed by atoms with E-state index in [2.05, 4.69) is 11.4 Å². The summed E-state index contributed by atoms with van der Waals surface area (Å²) in [7, 11) is 0. The van der Waals surface area contributed by atoms with Crippen LogP contribution >= 0.6 is 0 Å². The molecule has 6 N–H and O–H groups in total. The third-order valence-corrected chi connectivity index (χ3v) is 6.55. The standard InChI is InChI=1S/C22H38N2O7/c1-22(27)9-16(25)21(28-12-22)31-20-15(23)7-8-17(19(20)26)30-18-4-2-3-14(29-18)11-24-10-13-5-6-13/h3,13,15-21,24-27H,2,4-12,23H2,1H3/t15-,16-,17-,18-,19?,20+,21-,22-/m1/s1. The Kier molecular flexibility index (Phi) is 7.55. The van der Waals surface area contributed by atoms with Gasteiger partial charge in [0.15, 0.2) is 12.6 Å². The summed E-state index contributed by atoms with van der Waals surface area (Å²) in [6.07, 6.45) is 3.14. The van der Waals surface area contributed by atoms with Crippen LogP contribution in [0.5, 0.6) is 0 Å². The zero-order valence-electron chi connectivity index (χ0n) is 18.3. The summed E-state index contributed by atoms with van der Waals surface area (Å²) < 4.78 is 23.5. The molecule has 2 heterocycles. The molecular weight excluding hydrogens is 404 g/mol. The molecule has 2 aliphatic heterocycles. The quantitative estimate of drug-likeness (QED) is 0.355. The lowest BCUT2D eigenvalue weighted by molar-refractivity contribution is -0.294. The van der Waals surface area contributed by atoms with Gasteiger partial charge in [-0.05, 0) is 57.6 Å². The van der Waals surface area contributed by atoms with Gasteiger partial charge in [-0.2, -0.15) is 0 Å². The third kappa shape index (κ3) is 6.39. The molecule has 0 aromatic rings. The predicted molar refractivity (Wildman–Crippen MR) is 112 cm³/mol. The fourth-order valence-electron chi connectivity index (χ4n) is 4.53. The first-order valence-corrected chi connectivity index (χ1v) is 11.6. The van der Waals surface area contributed by atoms with E-state index in [0.717, 1.165) is 31.1 Å². The average Bonchev–Trinajstić information content (AvgIpc) is 3.53. The van der Waals surface area contributed by atoms with Crippen LogP contribution in [0.15, 0.2) is 11.8 Å². The molecule has 9 nitrogen and oxygen atoms in total. The highest BCUT2D eigenvalue weighted by atomic mass is 16.7. The van der Waals surface area contributed by atoms with Gasteiger partial charge < -0.3 is 45.3 Å². The molecule has 4 aliphatic rings. The number of ether oxygens (including phenoxy) is 4. The maximum atomic E-state index is 10.9. The second-order valence-corrected chi connectivity index (χ2v) is 9.82. The van der Waals surface area contributed by atoms with Crippen LogP contribution in [-0.2, 0) is 18.9 Å². The lowest BCUT2D eigenvalue weighted by atomic mass is 9.87. The predicted octanol–water partition coefficient (Wildman–Crippen LogP) is 0.117. The van der Waals surface area contributed by atoms with Gasteiger partial charge in [0.25, 0.3) is 0 Å². The third-order valence-electron chi connectivity index (χ3n) is 6.55. The topological polar surface area (TPSA) is 136 Å². The fourth-order valence-corrected chi connectivity index (χ4v) is 4.53. The van der Waals surface area contributed by atoms with Crippen molar-refractivity contribution in [2.24, 2.45) is 11.7 Å². The van der Waals surface area contributed by atoms with E-state index >= 15 is 0 Å². The van der Waals surface area contributed by atoms with E-state index in [9.17, 15) is 15.3 Å². The molecule has 0 aromatic carbocycles. The minimum atomic E-state index is -1.10. The Morgan fingerprint density at radius 3 is 2.74 bits per heavy atom. The summed E-state index contributed by atoms with van der Waals surface area (Å²) in [5.74, 6) is 1.70. The van der Waals surface area contributed by atoms with Gasteiger partial charge >= 0.3 is 0 Å². The maximum Gasteiger partial charge on any atom is 0.200 e. The van der Waals surface area contributed by atoms with Crippen molar-refractivity contribution < 1.29 is 34.3 Å². The van der Waals surface area contributed by atoms with E-state index in [1.807, 2.05) is 0 Å². The van der Waals surface area contributed by atoms with E-state index in [4.69, 9.17) is 24.7 Å². The smallest absolute Gasteiger partial charge is 0.200 e. The molecule has 0 spiro atoms. The van der Waals surface area contributed by atoms with Crippen molar-refractivity contribution in [1.82, 2.24) is 5.32 Å². The van der Waals surface area contributed by atoms with Gasteiger partial charge in [0.1, 0.15) is 24.1 Å². The van der Waals surface area contributed by atoms with Crippen molar-refractivity contribution in [3.63, 3.8) is 0 Å². The van der Waals surface area contributed by atoms with Crippen molar-refractivity contribution in [1.29, 1.82) is 0 Å².